The van der Waals surface area contributed by atoms with Gasteiger partial charge in [-0.25, -0.2) is 9.18 Å². The summed E-state index contributed by atoms with van der Waals surface area (Å²) in [7, 11) is 0. The number of amides is 1. The molecule has 0 atom stereocenters. The normalized spacial score (nSPS) is 15.1. The molecule has 0 saturated carbocycles. The molecule has 0 bridgehead atoms. The Hall–Kier alpha value is -2.66. The Balaban J connectivity index is 0.000000516. The number of carbonyl (C=O) groups excluding carboxylic acids is 1. The Morgan fingerprint density at radius 1 is 1.24 bits per heavy atom. The molecular formula is C18H22F4N2O5. The molecule has 1 aliphatic rings. The minimum Gasteiger partial charge on any atom is -0.489 e. The molecule has 11 heteroatoms. The zero-order chi connectivity index (χ0) is 21.9. The summed E-state index contributed by atoms with van der Waals surface area (Å²) >= 11 is 0. The summed E-state index contributed by atoms with van der Waals surface area (Å²) in [5, 5.41) is 10.1. The lowest BCUT2D eigenvalue weighted by molar-refractivity contribution is -0.192. The Bertz CT molecular complexity index is 686. The molecule has 162 valence electrons. The number of nitrogens with one attached hydrogen (secondary N) is 1. The van der Waals surface area contributed by atoms with Crippen molar-refractivity contribution in [1.82, 2.24) is 5.32 Å². The van der Waals surface area contributed by atoms with Gasteiger partial charge in [0.15, 0.2) is 0 Å². The van der Waals surface area contributed by atoms with Crippen LogP contribution < -0.4 is 15.8 Å². The molecule has 0 unspecified atom stereocenters. The summed E-state index contributed by atoms with van der Waals surface area (Å²) < 4.78 is 54.8. The van der Waals surface area contributed by atoms with E-state index in [1.165, 1.54) is 0 Å². The van der Waals surface area contributed by atoms with Gasteiger partial charge in [-0.1, -0.05) is 0 Å². The van der Waals surface area contributed by atoms with Crippen molar-refractivity contribution in [1.29, 1.82) is 0 Å². The third-order valence-corrected chi connectivity index (χ3v) is 3.76. The first-order valence-corrected chi connectivity index (χ1v) is 8.57. The van der Waals surface area contributed by atoms with E-state index in [0.717, 1.165) is 12.8 Å². The van der Waals surface area contributed by atoms with Gasteiger partial charge in [-0.3, -0.25) is 4.79 Å². The summed E-state index contributed by atoms with van der Waals surface area (Å²) in [6.07, 6.45) is -2.95. The van der Waals surface area contributed by atoms with Gasteiger partial charge in [-0.2, -0.15) is 13.2 Å². The van der Waals surface area contributed by atoms with Crippen molar-refractivity contribution in [2.24, 2.45) is 5.73 Å². The molecule has 4 N–H and O–H groups in total. The standard InChI is InChI=1S/C16H21FN2O3.C2HF3O2/c17-9-12(10-18)11-22-15-3-1-13(2-4-15)16(20)19-14-5-7-21-8-6-14;3-2(4,5)1(6)7/h1-4,9,14H,5-8,10-11,18H2,(H,19,20);(H,6,7)/b12-9-;. The highest BCUT2D eigenvalue weighted by molar-refractivity contribution is 5.94. The van der Waals surface area contributed by atoms with E-state index in [0.29, 0.717) is 36.4 Å². The average Bonchev–Trinajstić information content (AvgIpc) is 2.69. The monoisotopic (exact) mass is 422 g/mol. The maximum absolute atomic E-state index is 12.4. The highest BCUT2D eigenvalue weighted by Gasteiger charge is 2.38. The molecule has 1 saturated heterocycles. The first-order chi connectivity index (χ1) is 13.7. The highest BCUT2D eigenvalue weighted by Crippen LogP contribution is 2.15. The fraction of sp³-hybridized carbons (Fsp3) is 0.444. The van der Waals surface area contributed by atoms with Gasteiger partial charge in [-0.05, 0) is 37.1 Å². The van der Waals surface area contributed by atoms with Gasteiger partial charge in [0.25, 0.3) is 5.91 Å². The lowest BCUT2D eigenvalue weighted by Crippen LogP contribution is -2.38. The molecule has 0 radical (unpaired) electrons. The second-order valence-electron chi connectivity index (χ2n) is 5.95. The zero-order valence-electron chi connectivity index (χ0n) is 15.4. The quantitative estimate of drug-likeness (QED) is 0.608. The first kappa shape index (κ1) is 24.4. The van der Waals surface area contributed by atoms with Gasteiger partial charge in [0.2, 0.25) is 0 Å². The van der Waals surface area contributed by atoms with Crippen LogP contribution in [-0.4, -0.2) is 55.6 Å². The minimum absolute atomic E-state index is 0.0978. The van der Waals surface area contributed by atoms with Crippen LogP contribution in [0, 0.1) is 0 Å². The maximum Gasteiger partial charge on any atom is 0.490 e. The van der Waals surface area contributed by atoms with Crippen molar-refractivity contribution in [3.05, 3.63) is 41.7 Å². The fourth-order valence-corrected chi connectivity index (χ4v) is 2.12. The maximum atomic E-state index is 12.4. The molecule has 1 amide bonds. The lowest BCUT2D eigenvalue weighted by atomic mass is 10.1. The van der Waals surface area contributed by atoms with Gasteiger partial charge in [0.05, 0.1) is 6.33 Å². The molecule has 1 aliphatic heterocycles. The van der Waals surface area contributed by atoms with Crippen LogP contribution in [0.5, 0.6) is 5.75 Å². The van der Waals surface area contributed by atoms with E-state index < -0.39 is 12.1 Å². The Labute approximate surface area is 164 Å². The van der Waals surface area contributed by atoms with E-state index in [1.807, 2.05) is 0 Å². The molecule has 7 nitrogen and oxygen atoms in total. The van der Waals surface area contributed by atoms with E-state index in [4.69, 9.17) is 25.1 Å². The molecular weight excluding hydrogens is 400 g/mol. The Morgan fingerprint density at radius 2 is 1.79 bits per heavy atom. The van der Waals surface area contributed by atoms with E-state index in [-0.39, 0.29) is 25.1 Å². The van der Waals surface area contributed by atoms with Gasteiger partial charge in [0, 0.05) is 36.9 Å². The molecule has 1 aromatic rings. The van der Waals surface area contributed by atoms with Crippen molar-refractivity contribution < 1.29 is 41.7 Å². The van der Waals surface area contributed by atoms with Gasteiger partial charge < -0.3 is 25.6 Å². The van der Waals surface area contributed by atoms with Crippen LogP contribution in [-0.2, 0) is 9.53 Å². The van der Waals surface area contributed by atoms with E-state index >= 15 is 0 Å². The summed E-state index contributed by atoms with van der Waals surface area (Å²) in [5.74, 6) is -2.30. The van der Waals surface area contributed by atoms with E-state index in [9.17, 15) is 22.4 Å². The molecule has 2 rings (SSSR count). The van der Waals surface area contributed by atoms with Crippen LogP contribution in [0.4, 0.5) is 17.6 Å². The lowest BCUT2D eigenvalue weighted by Gasteiger charge is -2.23. The predicted molar refractivity (Wildman–Crippen MR) is 95.2 cm³/mol. The summed E-state index contributed by atoms with van der Waals surface area (Å²) in [6.45, 7) is 1.58. The molecule has 1 fully saturated rings. The third kappa shape index (κ3) is 9.39. The van der Waals surface area contributed by atoms with Gasteiger partial charge in [0.1, 0.15) is 12.4 Å². The molecule has 0 spiro atoms. The highest BCUT2D eigenvalue weighted by atomic mass is 19.4. The van der Waals surface area contributed by atoms with Crippen molar-refractivity contribution in [2.75, 3.05) is 26.4 Å². The number of rotatable bonds is 6. The molecule has 0 aromatic heterocycles. The largest absolute Gasteiger partial charge is 0.490 e. The van der Waals surface area contributed by atoms with Crippen molar-refractivity contribution >= 4 is 11.9 Å². The number of aliphatic carboxylic acids is 1. The smallest absolute Gasteiger partial charge is 0.489 e. The molecule has 0 aliphatic carbocycles. The van der Waals surface area contributed by atoms with Crippen LogP contribution >= 0.6 is 0 Å². The van der Waals surface area contributed by atoms with Crippen molar-refractivity contribution in [2.45, 2.75) is 25.1 Å². The minimum atomic E-state index is -5.08. The number of carboxylic acid groups (broad SMARTS) is 1. The number of ether oxygens (including phenoxy) is 2. The number of carboxylic acids is 1. The SMILES string of the molecule is NC/C(=C/F)COc1ccc(C(=O)NC2CCOCC2)cc1.O=C(O)C(F)(F)F. The Morgan fingerprint density at radius 3 is 2.24 bits per heavy atom. The molecule has 29 heavy (non-hydrogen) atoms. The third-order valence-electron chi connectivity index (χ3n) is 3.76. The zero-order valence-corrected chi connectivity index (χ0v) is 15.4. The van der Waals surface area contributed by atoms with Crippen LogP contribution in [0.1, 0.15) is 23.2 Å². The predicted octanol–water partition coefficient (Wildman–Crippen LogP) is 2.42. The number of halogens is 4. The molecule has 1 heterocycles. The second kappa shape index (κ2) is 12.0. The van der Waals surface area contributed by atoms with Crippen molar-refractivity contribution in [3.63, 3.8) is 0 Å². The first-order valence-electron chi connectivity index (χ1n) is 8.57. The van der Waals surface area contributed by atoms with Crippen LogP contribution in [0.25, 0.3) is 0 Å². The topological polar surface area (TPSA) is 111 Å². The number of alkyl halides is 3. The van der Waals surface area contributed by atoms with E-state index in [1.54, 1.807) is 24.3 Å². The molecule has 1 aromatic carbocycles. The second-order valence-corrected chi connectivity index (χ2v) is 5.95. The number of benzene rings is 1. The number of carbonyl (C=O) groups is 2. The van der Waals surface area contributed by atoms with Crippen LogP contribution in [0.2, 0.25) is 0 Å². The average molecular weight is 422 g/mol. The summed E-state index contributed by atoms with van der Waals surface area (Å²) in [6, 6.07) is 6.91. The van der Waals surface area contributed by atoms with Gasteiger partial charge >= 0.3 is 12.1 Å². The van der Waals surface area contributed by atoms with E-state index in [2.05, 4.69) is 5.32 Å². The fourth-order valence-electron chi connectivity index (χ4n) is 2.12. The number of hydrogen-bond acceptors (Lipinski definition) is 5. The summed E-state index contributed by atoms with van der Waals surface area (Å²) in [4.78, 5) is 21.0. The number of hydrogen-bond donors (Lipinski definition) is 3. The van der Waals surface area contributed by atoms with Crippen LogP contribution in [0.3, 0.4) is 0 Å². The van der Waals surface area contributed by atoms with Crippen molar-refractivity contribution in [3.8, 4) is 5.75 Å². The van der Waals surface area contributed by atoms with Gasteiger partial charge in [-0.15, -0.1) is 0 Å². The van der Waals surface area contributed by atoms with Crippen LogP contribution in [0.15, 0.2) is 36.2 Å². The Kier molecular flexibility index (Phi) is 10.1. The summed E-state index contributed by atoms with van der Waals surface area (Å²) in [5.41, 5.74) is 6.29. The number of nitrogens with two attached hydrogens (primary N) is 1.